The lowest BCUT2D eigenvalue weighted by Gasteiger charge is -2.07. The van der Waals surface area contributed by atoms with E-state index in [0.717, 1.165) is 17.7 Å². The summed E-state index contributed by atoms with van der Waals surface area (Å²) in [7, 11) is 0. The van der Waals surface area contributed by atoms with E-state index >= 15 is 0 Å². The summed E-state index contributed by atoms with van der Waals surface area (Å²) in [5.74, 6) is -4.16. The highest BCUT2D eigenvalue weighted by Gasteiger charge is 2.09. The molecule has 2 aromatic rings. The summed E-state index contributed by atoms with van der Waals surface area (Å²) in [6.45, 7) is -0.967. The van der Waals surface area contributed by atoms with Crippen molar-refractivity contribution < 1.29 is 27.9 Å². The molecule has 0 unspecified atom stereocenters. The summed E-state index contributed by atoms with van der Waals surface area (Å²) in [4.78, 5) is 34.6. The van der Waals surface area contributed by atoms with E-state index in [1.807, 2.05) is 16.8 Å². The van der Waals surface area contributed by atoms with Crippen LogP contribution >= 0.6 is 11.3 Å². The van der Waals surface area contributed by atoms with Crippen molar-refractivity contribution in [1.29, 1.82) is 0 Å². The van der Waals surface area contributed by atoms with Crippen molar-refractivity contribution in [1.82, 2.24) is 5.32 Å². The van der Waals surface area contributed by atoms with E-state index in [9.17, 15) is 23.2 Å². The van der Waals surface area contributed by atoms with Gasteiger partial charge in [-0.1, -0.05) is 0 Å². The number of esters is 1. The van der Waals surface area contributed by atoms with Crippen LogP contribution < -0.4 is 10.6 Å². The zero-order valence-electron chi connectivity index (χ0n) is 13.3. The summed E-state index contributed by atoms with van der Waals surface area (Å²) in [5.41, 5.74) is 0.887. The zero-order valence-corrected chi connectivity index (χ0v) is 14.1. The minimum absolute atomic E-state index is 0.0492. The second-order valence-electron chi connectivity index (χ2n) is 4.95. The molecular formula is C17H14F2N2O4S. The Morgan fingerprint density at radius 3 is 2.62 bits per heavy atom. The lowest BCUT2D eigenvalue weighted by atomic mass is 10.3. The van der Waals surface area contributed by atoms with Crippen molar-refractivity contribution >= 4 is 40.9 Å². The fourth-order valence-electron chi connectivity index (χ4n) is 1.73. The highest BCUT2D eigenvalue weighted by molar-refractivity contribution is 7.08. The second-order valence-corrected chi connectivity index (χ2v) is 5.73. The Morgan fingerprint density at radius 2 is 1.92 bits per heavy atom. The topological polar surface area (TPSA) is 84.5 Å². The maximum absolute atomic E-state index is 13.0. The largest absolute Gasteiger partial charge is 0.452 e. The third-order valence-corrected chi connectivity index (χ3v) is 3.65. The second kappa shape index (κ2) is 9.42. The van der Waals surface area contributed by atoms with Gasteiger partial charge in [-0.25, -0.2) is 13.6 Å². The quantitative estimate of drug-likeness (QED) is 0.570. The van der Waals surface area contributed by atoms with Crippen molar-refractivity contribution in [3.63, 3.8) is 0 Å². The minimum atomic E-state index is -1.10. The maximum atomic E-state index is 13.0. The van der Waals surface area contributed by atoms with Gasteiger partial charge in [0.15, 0.2) is 18.2 Å². The van der Waals surface area contributed by atoms with Crippen LogP contribution in [0.2, 0.25) is 0 Å². The van der Waals surface area contributed by atoms with Crippen LogP contribution in [0, 0.1) is 11.6 Å². The van der Waals surface area contributed by atoms with Crippen LogP contribution in [-0.2, 0) is 19.1 Å². The highest BCUT2D eigenvalue weighted by atomic mass is 32.1. The van der Waals surface area contributed by atoms with Gasteiger partial charge in [-0.2, -0.15) is 11.3 Å². The maximum Gasteiger partial charge on any atom is 0.331 e. The number of halogens is 2. The van der Waals surface area contributed by atoms with E-state index in [4.69, 9.17) is 4.74 Å². The summed E-state index contributed by atoms with van der Waals surface area (Å²) in [6, 6.07) is 4.68. The van der Waals surface area contributed by atoms with Crippen LogP contribution in [0.15, 0.2) is 41.1 Å². The van der Waals surface area contributed by atoms with Crippen molar-refractivity contribution in [2.45, 2.75) is 0 Å². The molecule has 1 aromatic heterocycles. The third kappa shape index (κ3) is 6.44. The first-order valence-electron chi connectivity index (χ1n) is 7.32. The molecule has 0 saturated carbocycles. The van der Waals surface area contributed by atoms with E-state index in [-0.39, 0.29) is 5.69 Å². The molecule has 1 heterocycles. The molecule has 26 heavy (non-hydrogen) atoms. The molecule has 0 aliphatic rings. The predicted molar refractivity (Wildman–Crippen MR) is 92.3 cm³/mol. The predicted octanol–water partition coefficient (Wildman–Crippen LogP) is 2.34. The first kappa shape index (κ1) is 19.3. The molecule has 6 nitrogen and oxygen atoms in total. The average Bonchev–Trinajstić information content (AvgIpc) is 3.13. The first-order valence-corrected chi connectivity index (χ1v) is 8.27. The molecule has 0 atom stereocenters. The van der Waals surface area contributed by atoms with Gasteiger partial charge in [-0.05, 0) is 40.6 Å². The van der Waals surface area contributed by atoms with Crippen LogP contribution in [0.1, 0.15) is 5.56 Å². The number of ether oxygens (including phenoxy) is 1. The Bertz CT molecular complexity index is 822. The van der Waals surface area contributed by atoms with Crippen LogP contribution in [0.3, 0.4) is 0 Å². The van der Waals surface area contributed by atoms with Gasteiger partial charge >= 0.3 is 5.97 Å². The van der Waals surface area contributed by atoms with Crippen LogP contribution in [0.4, 0.5) is 14.5 Å². The van der Waals surface area contributed by atoms with Crippen molar-refractivity contribution in [3.8, 4) is 0 Å². The normalized spacial score (nSPS) is 10.5. The number of hydrogen-bond acceptors (Lipinski definition) is 5. The molecule has 9 heteroatoms. The lowest BCUT2D eigenvalue weighted by Crippen LogP contribution is -2.35. The molecule has 2 N–H and O–H groups in total. The zero-order chi connectivity index (χ0) is 18.9. The van der Waals surface area contributed by atoms with E-state index in [2.05, 4.69) is 10.6 Å². The highest BCUT2D eigenvalue weighted by Crippen LogP contribution is 2.12. The summed E-state index contributed by atoms with van der Waals surface area (Å²) in [5, 5.41) is 8.21. The van der Waals surface area contributed by atoms with Crippen LogP contribution in [0.5, 0.6) is 0 Å². The van der Waals surface area contributed by atoms with E-state index in [1.54, 1.807) is 6.08 Å². The monoisotopic (exact) mass is 380 g/mol. The summed E-state index contributed by atoms with van der Waals surface area (Å²) in [6.07, 6.45) is 2.73. The Hall–Kier alpha value is -3.07. The molecule has 0 aliphatic carbocycles. The molecule has 0 spiro atoms. The van der Waals surface area contributed by atoms with E-state index < -0.39 is 42.6 Å². The van der Waals surface area contributed by atoms with Gasteiger partial charge in [0, 0.05) is 17.8 Å². The molecule has 0 fully saturated rings. The van der Waals surface area contributed by atoms with Gasteiger partial charge in [0.1, 0.15) is 0 Å². The Morgan fingerprint density at radius 1 is 1.12 bits per heavy atom. The molecule has 0 radical (unpaired) electrons. The number of anilines is 1. The molecule has 1 aromatic carbocycles. The third-order valence-electron chi connectivity index (χ3n) is 2.95. The SMILES string of the molecule is O=C(COC(=O)/C=C/c1ccsc1)NCC(=O)Nc1ccc(F)c(F)c1. The van der Waals surface area contributed by atoms with Gasteiger partial charge in [0.05, 0.1) is 6.54 Å². The molecule has 0 aliphatic heterocycles. The Balaban J connectivity index is 1.68. The number of amides is 2. The molecule has 0 saturated heterocycles. The number of carbonyl (C=O) groups is 3. The summed E-state index contributed by atoms with van der Waals surface area (Å²) < 4.78 is 30.5. The lowest BCUT2D eigenvalue weighted by molar-refractivity contribution is -0.143. The first-order chi connectivity index (χ1) is 12.4. The fourth-order valence-corrected chi connectivity index (χ4v) is 2.36. The average molecular weight is 380 g/mol. The van der Waals surface area contributed by atoms with E-state index in [0.29, 0.717) is 0 Å². The summed E-state index contributed by atoms with van der Waals surface area (Å²) >= 11 is 1.48. The van der Waals surface area contributed by atoms with Crippen LogP contribution in [0.25, 0.3) is 6.08 Å². The molecular weight excluding hydrogens is 366 g/mol. The van der Waals surface area contributed by atoms with Gasteiger partial charge in [-0.3, -0.25) is 9.59 Å². The number of carbonyl (C=O) groups excluding carboxylic acids is 3. The van der Waals surface area contributed by atoms with E-state index in [1.165, 1.54) is 23.5 Å². The molecule has 2 amide bonds. The number of benzene rings is 1. The number of rotatable bonds is 7. The molecule has 2 rings (SSSR count). The number of nitrogens with one attached hydrogen (secondary N) is 2. The smallest absolute Gasteiger partial charge is 0.331 e. The van der Waals surface area contributed by atoms with Gasteiger partial charge in [0.25, 0.3) is 5.91 Å². The number of hydrogen-bond donors (Lipinski definition) is 2. The number of thiophene rings is 1. The molecule has 0 bridgehead atoms. The Labute approximate surface area is 151 Å². The molecule has 136 valence electrons. The standard InChI is InChI=1S/C17H14F2N2O4S/c18-13-3-2-12(7-14(13)19)21-15(22)8-20-16(23)9-25-17(24)4-1-11-5-6-26-10-11/h1-7,10H,8-9H2,(H,20,23)(H,21,22)/b4-1+. The van der Waals surface area contributed by atoms with Crippen LogP contribution in [-0.4, -0.2) is 30.9 Å². The fraction of sp³-hybridized carbons (Fsp3) is 0.118. The van der Waals surface area contributed by atoms with Gasteiger partial charge in [-0.15, -0.1) is 0 Å². The Kier molecular flexibility index (Phi) is 6.98. The van der Waals surface area contributed by atoms with Crippen molar-refractivity contribution in [3.05, 3.63) is 58.3 Å². The van der Waals surface area contributed by atoms with Gasteiger partial charge in [0.2, 0.25) is 5.91 Å². The minimum Gasteiger partial charge on any atom is -0.452 e. The van der Waals surface area contributed by atoms with Gasteiger partial charge < -0.3 is 15.4 Å². The van der Waals surface area contributed by atoms with Crippen molar-refractivity contribution in [2.75, 3.05) is 18.5 Å². The van der Waals surface area contributed by atoms with Crippen molar-refractivity contribution in [2.24, 2.45) is 0 Å².